The van der Waals surface area contributed by atoms with Crippen molar-refractivity contribution in [2.45, 2.75) is 40.2 Å². The number of carbonyl (C=O) groups is 2. The molecule has 0 radical (unpaired) electrons. The number of fused-ring (bicyclic) bond motifs is 1. The van der Waals surface area contributed by atoms with Crippen LogP contribution < -0.4 is 15.0 Å². The highest BCUT2D eigenvalue weighted by Gasteiger charge is 2.45. The van der Waals surface area contributed by atoms with Crippen LogP contribution in [0.3, 0.4) is 0 Å². The zero-order valence-electron chi connectivity index (χ0n) is 16.9. The van der Waals surface area contributed by atoms with Crippen molar-refractivity contribution in [1.82, 2.24) is 4.98 Å². The number of pyridine rings is 1. The lowest BCUT2D eigenvalue weighted by Crippen LogP contribution is -2.54. The number of nitrogens with zero attached hydrogens (tertiary/aromatic N) is 3. The Labute approximate surface area is 167 Å². The lowest BCUT2D eigenvalue weighted by Gasteiger charge is -2.35. The molecule has 0 bridgehead atoms. The van der Waals surface area contributed by atoms with Crippen LogP contribution in [0.5, 0.6) is 5.75 Å². The first-order valence-electron chi connectivity index (χ1n) is 9.03. The molecule has 9 heteroatoms. The zero-order chi connectivity index (χ0) is 21.5. The van der Waals surface area contributed by atoms with Gasteiger partial charge in [-0.1, -0.05) is 17.7 Å². The molecule has 0 spiro atoms. The van der Waals surface area contributed by atoms with Crippen LogP contribution in [0, 0.1) is 30.9 Å². The summed E-state index contributed by atoms with van der Waals surface area (Å²) < 4.78 is 5.64. The highest BCUT2D eigenvalue weighted by Crippen LogP contribution is 2.37. The smallest absolute Gasteiger partial charge is 0.366 e. The van der Waals surface area contributed by atoms with Crippen LogP contribution in [0.2, 0.25) is 0 Å². The Morgan fingerprint density at radius 1 is 1.24 bits per heavy atom. The van der Waals surface area contributed by atoms with E-state index in [1.54, 1.807) is 13.8 Å². The number of anilines is 2. The summed E-state index contributed by atoms with van der Waals surface area (Å²) in [5.74, 6) is -1.22. The molecule has 1 aliphatic rings. The molecule has 29 heavy (non-hydrogen) atoms. The number of ether oxygens (including phenoxy) is 1. The molecule has 9 nitrogen and oxygen atoms in total. The van der Waals surface area contributed by atoms with Crippen LogP contribution in [-0.2, 0) is 9.59 Å². The van der Waals surface area contributed by atoms with Crippen molar-refractivity contribution >= 4 is 29.1 Å². The van der Waals surface area contributed by atoms with Crippen molar-refractivity contribution in [2.24, 2.45) is 0 Å². The van der Waals surface area contributed by atoms with Crippen molar-refractivity contribution in [3.8, 4) is 5.75 Å². The molecular weight excluding hydrogens is 376 g/mol. The first-order chi connectivity index (χ1) is 13.5. The third-order valence-electron chi connectivity index (χ3n) is 4.64. The van der Waals surface area contributed by atoms with Crippen LogP contribution in [0.25, 0.3) is 0 Å². The SMILES string of the molecule is Cc1cc(C)c(NC(=O)CN2C(=O)C(C)(C)Oc3ccc([N+](=O)[O-])nc32)c(C)c1. The number of aromatic nitrogens is 1. The number of benzene rings is 1. The topological polar surface area (TPSA) is 115 Å². The zero-order valence-corrected chi connectivity index (χ0v) is 16.9. The van der Waals surface area contributed by atoms with Gasteiger partial charge in [-0.25, -0.2) is 0 Å². The van der Waals surface area contributed by atoms with E-state index in [1.807, 2.05) is 32.9 Å². The summed E-state index contributed by atoms with van der Waals surface area (Å²) in [6, 6.07) is 6.48. The normalized spacial score (nSPS) is 14.8. The maximum absolute atomic E-state index is 12.9. The highest BCUT2D eigenvalue weighted by molar-refractivity contribution is 6.07. The molecule has 0 saturated heterocycles. The summed E-state index contributed by atoms with van der Waals surface area (Å²) in [6.07, 6.45) is 0. The van der Waals surface area contributed by atoms with Gasteiger partial charge in [0.2, 0.25) is 5.91 Å². The molecule has 0 saturated carbocycles. The van der Waals surface area contributed by atoms with Crippen molar-refractivity contribution < 1.29 is 19.2 Å². The molecule has 0 unspecified atom stereocenters. The molecule has 2 aromatic rings. The van der Waals surface area contributed by atoms with Gasteiger partial charge < -0.3 is 20.2 Å². The van der Waals surface area contributed by atoms with Gasteiger partial charge in [0.1, 0.15) is 6.54 Å². The fourth-order valence-corrected chi connectivity index (χ4v) is 3.39. The number of hydrogen-bond acceptors (Lipinski definition) is 6. The van der Waals surface area contributed by atoms with E-state index < -0.39 is 28.2 Å². The quantitative estimate of drug-likeness (QED) is 0.625. The van der Waals surface area contributed by atoms with Crippen molar-refractivity contribution in [1.29, 1.82) is 0 Å². The molecule has 1 aliphatic heterocycles. The summed E-state index contributed by atoms with van der Waals surface area (Å²) >= 11 is 0. The minimum atomic E-state index is -1.24. The van der Waals surface area contributed by atoms with Crippen LogP contribution in [0.1, 0.15) is 30.5 Å². The van der Waals surface area contributed by atoms with Crippen molar-refractivity contribution in [3.05, 3.63) is 51.1 Å². The number of carbonyl (C=O) groups excluding carboxylic acids is 2. The molecule has 0 aliphatic carbocycles. The van der Waals surface area contributed by atoms with Gasteiger partial charge in [-0.2, -0.15) is 0 Å². The number of aryl methyl sites for hydroxylation is 3. The van der Waals surface area contributed by atoms with Gasteiger partial charge in [0.25, 0.3) is 11.7 Å². The Hall–Kier alpha value is -3.49. The fraction of sp³-hybridized carbons (Fsp3) is 0.350. The minimum absolute atomic E-state index is 0.0453. The van der Waals surface area contributed by atoms with E-state index in [2.05, 4.69) is 10.3 Å². The van der Waals surface area contributed by atoms with Crippen molar-refractivity contribution in [2.75, 3.05) is 16.8 Å². The second-order valence-corrected chi connectivity index (χ2v) is 7.57. The standard InChI is InChI=1S/C20H22N4O5/c1-11-8-12(2)17(13(3)9-11)22-16(25)10-23-18-14(29-20(4,5)19(23)26)6-7-15(21-18)24(27)28/h6-9H,10H2,1-5H3,(H,22,25). The monoisotopic (exact) mass is 398 g/mol. The summed E-state index contributed by atoms with van der Waals surface area (Å²) in [5, 5.41) is 13.9. The van der Waals surface area contributed by atoms with E-state index in [9.17, 15) is 19.7 Å². The Kier molecular flexibility index (Phi) is 5.00. The third-order valence-corrected chi connectivity index (χ3v) is 4.64. The van der Waals surface area contributed by atoms with Crippen molar-refractivity contribution in [3.63, 3.8) is 0 Å². The maximum atomic E-state index is 12.9. The van der Waals surface area contributed by atoms with Crippen LogP contribution in [0.15, 0.2) is 24.3 Å². The Bertz CT molecular complexity index is 1010. The molecule has 1 N–H and O–H groups in total. The van der Waals surface area contributed by atoms with Gasteiger partial charge in [-0.3, -0.25) is 14.5 Å². The number of hydrogen-bond donors (Lipinski definition) is 1. The van der Waals surface area contributed by atoms with E-state index in [0.29, 0.717) is 5.69 Å². The number of amides is 2. The first kappa shape index (κ1) is 20.2. The summed E-state index contributed by atoms with van der Waals surface area (Å²) in [7, 11) is 0. The maximum Gasteiger partial charge on any atom is 0.366 e. The second kappa shape index (κ2) is 7.16. The predicted molar refractivity (Wildman–Crippen MR) is 107 cm³/mol. The number of nitrogens with one attached hydrogen (secondary N) is 1. The Balaban J connectivity index is 1.93. The van der Waals surface area contributed by atoms with Gasteiger partial charge in [-0.15, -0.1) is 0 Å². The van der Waals surface area contributed by atoms with E-state index >= 15 is 0 Å². The van der Waals surface area contributed by atoms with Crippen LogP contribution in [-0.4, -0.2) is 33.9 Å². The van der Waals surface area contributed by atoms with Crippen LogP contribution >= 0.6 is 0 Å². The lowest BCUT2D eigenvalue weighted by molar-refractivity contribution is -0.389. The first-order valence-corrected chi connectivity index (χ1v) is 9.03. The number of rotatable bonds is 4. The second-order valence-electron chi connectivity index (χ2n) is 7.57. The molecule has 3 rings (SSSR count). The summed E-state index contributed by atoms with van der Waals surface area (Å²) in [4.78, 5) is 41.1. The van der Waals surface area contributed by atoms with Gasteiger partial charge >= 0.3 is 5.82 Å². The molecule has 2 amide bonds. The fourth-order valence-electron chi connectivity index (χ4n) is 3.39. The molecule has 1 aromatic carbocycles. The van der Waals surface area contributed by atoms with E-state index in [4.69, 9.17) is 4.74 Å². The molecule has 0 atom stereocenters. The van der Waals surface area contributed by atoms with Gasteiger partial charge in [0.15, 0.2) is 11.4 Å². The average molecular weight is 398 g/mol. The Morgan fingerprint density at radius 2 is 1.86 bits per heavy atom. The van der Waals surface area contributed by atoms with E-state index in [0.717, 1.165) is 21.6 Å². The minimum Gasteiger partial charge on any atom is -0.472 e. The summed E-state index contributed by atoms with van der Waals surface area (Å²) in [5.41, 5.74) is 2.32. The lowest BCUT2D eigenvalue weighted by atomic mass is 10.0. The highest BCUT2D eigenvalue weighted by atomic mass is 16.6. The third kappa shape index (κ3) is 3.89. The molecule has 2 heterocycles. The van der Waals surface area contributed by atoms with Gasteiger partial charge in [0.05, 0.1) is 0 Å². The molecule has 1 aromatic heterocycles. The predicted octanol–water partition coefficient (Wildman–Crippen LogP) is 3.06. The molecular formula is C20H22N4O5. The average Bonchev–Trinajstić information content (AvgIpc) is 2.61. The van der Waals surface area contributed by atoms with Gasteiger partial charge in [-0.05, 0) is 61.7 Å². The summed E-state index contributed by atoms with van der Waals surface area (Å²) in [6.45, 7) is 8.53. The number of nitro groups is 1. The van der Waals surface area contributed by atoms with Gasteiger partial charge in [0, 0.05) is 11.8 Å². The molecule has 0 fully saturated rings. The van der Waals surface area contributed by atoms with Crippen LogP contribution in [0.4, 0.5) is 17.3 Å². The largest absolute Gasteiger partial charge is 0.472 e. The van der Waals surface area contributed by atoms with E-state index in [-0.39, 0.29) is 18.1 Å². The van der Waals surface area contributed by atoms with E-state index in [1.165, 1.54) is 12.1 Å². The molecule has 152 valence electrons. The Morgan fingerprint density at radius 3 is 2.45 bits per heavy atom.